The van der Waals surface area contributed by atoms with Crippen LogP contribution >= 0.6 is 0 Å². The molecule has 162 valence electrons. The number of nitrogens with zero attached hydrogens (tertiary/aromatic N) is 3. The predicted molar refractivity (Wildman–Crippen MR) is 116 cm³/mol. The Kier molecular flexibility index (Phi) is 5.07. The first kappa shape index (κ1) is 20.3. The minimum atomic E-state index is 0.150. The first-order chi connectivity index (χ1) is 14.4. The van der Waals surface area contributed by atoms with E-state index >= 15 is 0 Å². The molecule has 5 rings (SSSR count). The highest BCUT2D eigenvalue weighted by atomic mass is 16.1. The fraction of sp³-hybridized carbons (Fsp3) is 0.808. The summed E-state index contributed by atoms with van der Waals surface area (Å²) in [7, 11) is 0. The third-order valence-corrected chi connectivity index (χ3v) is 9.99. The van der Waals surface area contributed by atoms with Crippen molar-refractivity contribution in [2.75, 3.05) is 0 Å². The second kappa shape index (κ2) is 7.50. The van der Waals surface area contributed by atoms with E-state index in [-0.39, 0.29) is 11.3 Å². The number of aromatic nitrogens is 2. The Morgan fingerprint density at radius 1 is 1.17 bits per heavy atom. The molecule has 4 nitrogen and oxygen atoms in total. The van der Waals surface area contributed by atoms with Crippen molar-refractivity contribution in [3.8, 4) is 6.07 Å². The van der Waals surface area contributed by atoms with Gasteiger partial charge in [-0.3, -0.25) is 9.48 Å². The van der Waals surface area contributed by atoms with Gasteiger partial charge in [-0.25, -0.2) is 0 Å². The van der Waals surface area contributed by atoms with Crippen molar-refractivity contribution >= 4 is 5.78 Å². The molecular weight excluding hydrogens is 370 g/mol. The minimum Gasteiger partial charge on any atom is -0.297 e. The molecule has 0 saturated heterocycles. The summed E-state index contributed by atoms with van der Waals surface area (Å²) in [5, 5.41) is 13.3. The summed E-state index contributed by atoms with van der Waals surface area (Å²) in [6.45, 7) is 7.64. The Bertz CT molecular complexity index is 853. The Labute approximate surface area is 181 Å². The molecule has 0 bridgehead atoms. The molecule has 1 aromatic heterocycles. The second-order valence-corrected chi connectivity index (χ2v) is 11.6. The molecule has 1 aromatic rings. The number of Topliss-reactive ketones (excluding diaryl/α,β-unsaturated/α-hetero) is 1. The number of carbonyl (C=O) groups is 1. The molecule has 0 spiro atoms. The highest BCUT2D eigenvalue weighted by molar-refractivity contribution is 5.82. The summed E-state index contributed by atoms with van der Waals surface area (Å²) in [5.74, 6) is 6.43. The van der Waals surface area contributed by atoms with Crippen LogP contribution in [-0.2, 0) is 11.3 Å². The zero-order chi connectivity index (χ0) is 21.0. The first-order valence-electron chi connectivity index (χ1n) is 12.4. The molecule has 0 N–H and O–H groups in total. The number of hydrogen-bond donors (Lipinski definition) is 0. The van der Waals surface area contributed by atoms with E-state index in [0.717, 1.165) is 36.0 Å². The summed E-state index contributed by atoms with van der Waals surface area (Å²) in [6.07, 6.45) is 12.5. The Hall–Kier alpha value is -1.63. The van der Waals surface area contributed by atoms with Crippen molar-refractivity contribution in [3.63, 3.8) is 0 Å². The van der Waals surface area contributed by atoms with E-state index in [1.807, 2.05) is 0 Å². The van der Waals surface area contributed by atoms with Crippen LogP contribution in [-0.4, -0.2) is 15.6 Å². The lowest BCUT2D eigenvalue weighted by Gasteiger charge is -2.56. The lowest BCUT2D eigenvalue weighted by Crippen LogP contribution is -2.50. The maximum Gasteiger partial charge on any atom is 0.162 e. The van der Waals surface area contributed by atoms with Gasteiger partial charge in [0.05, 0.1) is 6.54 Å². The SMILES string of the molecule is CC1CCC2C(CCC3C2CCC2(C)C3C(C)C[C@@H]2C(=O)Cn2ccc(C#N)n2)C1. The van der Waals surface area contributed by atoms with Gasteiger partial charge >= 0.3 is 0 Å². The van der Waals surface area contributed by atoms with E-state index in [0.29, 0.717) is 29.9 Å². The number of fused-ring (bicyclic) bond motifs is 5. The fourth-order valence-electron chi connectivity index (χ4n) is 8.91. The smallest absolute Gasteiger partial charge is 0.162 e. The van der Waals surface area contributed by atoms with Crippen LogP contribution in [0.15, 0.2) is 12.3 Å². The number of hydrogen-bond acceptors (Lipinski definition) is 3. The average Bonchev–Trinajstić information content (AvgIpc) is 3.29. The van der Waals surface area contributed by atoms with Gasteiger partial charge in [-0.2, -0.15) is 10.4 Å². The Morgan fingerprint density at radius 2 is 1.97 bits per heavy atom. The van der Waals surface area contributed by atoms with E-state index in [2.05, 4.69) is 31.9 Å². The predicted octanol–water partition coefficient (Wildman–Crippen LogP) is 5.47. The lowest BCUT2D eigenvalue weighted by atomic mass is 9.48. The van der Waals surface area contributed by atoms with Crippen molar-refractivity contribution in [1.29, 1.82) is 5.26 Å². The molecule has 4 aliphatic carbocycles. The highest BCUT2D eigenvalue weighted by Crippen LogP contribution is 2.66. The molecule has 4 aliphatic rings. The number of ketones is 1. The quantitative estimate of drug-likeness (QED) is 0.667. The fourth-order valence-corrected chi connectivity index (χ4v) is 8.91. The first-order valence-corrected chi connectivity index (χ1v) is 12.4. The Balaban J connectivity index is 1.35. The molecule has 0 amide bonds. The third-order valence-electron chi connectivity index (χ3n) is 9.99. The van der Waals surface area contributed by atoms with Crippen LogP contribution in [0.5, 0.6) is 0 Å². The van der Waals surface area contributed by atoms with E-state index < -0.39 is 0 Å². The van der Waals surface area contributed by atoms with Gasteiger partial charge in [0.25, 0.3) is 0 Å². The largest absolute Gasteiger partial charge is 0.297 e. The molecule has 0 aliphatic heterocycles. The van der Waals surface area contributed by atoms with Crippen LogP contribution in [0.1, 0.15) is 77.8 Å². The maximum absolute atomic E-state index is 13.4. The zero-order valence-corrected chi connectivity index (χ0v) is 18.9. The van der Waals surface area contributed by atoms with Gasteiger partial charge in [-0.05, 0) is 97.9 Å². The summed E-state index contributed by atoms with van der Waals surface area (Å²) in [5.41, 5.74) is 0.545. The molecule has 4 fully saturated rings. The van der Waals surface area contributed by atoms with E-state index in [4.69, 9.17) is 5.26 Å². The summed E-state index contributed by atoms with van der Waals surface area (Å²) >= 11 is 0. The maximum atomic E-state index is 13.4. The molecular formula is C26H37N3O. The van der Waals surface area contributed by atoms with Crippen LogP contribution in [0.4, 0.5) is 0 Å². The average molecular weight is 408 g/mol. The van der Waals surface area contributed by atoms with Crippen LogP contribution < -0.4 is 0 Å². The minimum absolute atomic E-state index is 0.150. The third kappa shape index (κ3) is 3.15. The van der Waals surface area contributed by atoms with Gasteiger partial charge < -0.3 is 0 Å². The molecule has 0 radical (unpaired) electrons. The van der Waals surface area contributed by atoms with Gasteiger partial charge in [0.15, 0.2) is 11.5 Å². The van der Waals surface area contributed by atoms with Gasteiger partial charge in [0.2, 0.25) is 0 Å². The monoisotopic (exact) mass is 407 g/mol. The highest BCUT2D eigenvalue weighted by Gasteiger charge is 2.60. The van der Waals surface area contributed by atoms with Crippen LogP contribution in [0.2, 0.25) is 0 Å². The standard InChI is InChI=1S/C26H37N3O/c1-16-4-6-20-18(12-16)5-7-22-21(20)8-10-26(3)23(13-17(2)25(22)26)24(30)15-29-11-9-19(14-27)28-29/h9,11,16-18,20-23,25H,4-8,10,12-13,15H2,1-3H3/t16?,17?,18?,20?,21?,22?,23-,25?,26?/m1/s1. The van der Waals surface area contributed by atoms with Crippen LogP contribution in [0, 0.1) is 64.1 Å². The van der Waals surface area contributed by atoms with Crippen molar-refractivity contribution < 1.29 is 4.79 Å². The van der Waals surface area contributed by atoms with Gasteiger partial charge in [-0.15, -0.1) is 0 Å². The molecule has 30 heavy (non-hydrogen) atoms. The zero-order valence-electron chi connectivity index (χ0n) is 18.9. The number of carbonyl (C=O) groups excluding carboxylic acids is 1. The van der Waals surface area contributed by atoms with E-state index in [1.54, 1.807) is 16.9 Å². The molecule has 0 aromatic carbocycles. The van der Waals surface area contributed by atoms with Crippen LogP contribution in [0.3, 0.4) is 0 Å². The van der Waals surface area contributed by atoms with Crippen molar-refractivity contribution in [2.45, 2.75) is 78.7 Å². The summed E-state index contributed by atoms with van der Waals surface area (Å²) in [4.78, 5) is 13.4. The van der Waals surface area contributed by atoms with Crippen molar-refractivity contribution in [2.24, 2.45) is 52.8 Å². The lowest BCUT2D eigenvalue weighted by molar-refractivity contribution is -0.131. The molecule has 1 heterocycles. The Morgan fingerprint density at radius 3 is 2.73 bits per heavy atom. The van der Waals surface area contributed by atoms with Crippen molar-refractivity contribution in [1.82, 2.24) is 9.78 Å². The normalized spacial score (nSPS) is 45.1. The molecule has 9 atom stereocenters. The summed E-state index contributed by atoms with van der Waals surface area (Å²) in [6, 6.07) is 3.76. The second-order valence-electron chi connectivity index (χ2n) is 11.6. The summed E-state index contributed by atoms with van der Waals surface area (Å²) < 4.78 is 1.67. The van der Waals surface area contributed by atoms with E-state index in [9.17, 15) is 4.79 Å². The molecule has 4 heteroatoms. The van der Waals surface area contributed by atoms with E-state index in [1.165, 1.54) is 44.9 Å². The van der Waals surface area contributed by atoms with Gasteiger partial charge in [-0.1, -0.05) is 27.2 Å². The number of nitriles is 1. The topological polar surface area (TPSA) is 58.7 Å². The van der Waals surface area contributed by atoms with Gasteiger partial charge in [0.1, 0.15) is 6.07 Å². The van der Waals surface area contributed by atoms with Gasteiger partial charge in [0, 0.05) is 12.1 Å². The van der Waals surface area contributed by atoms with Crippen molar-refractivity contribution in [3.05, 3.63) is 18.0 Å². The molecule has 8 unspecified atom stereocenters. The molecule has 4 saturated carbocycles. The number of rotatable bonds is 3. The van der Waals surface area contributed by atoms with Crippen LogP contribution in [0.25, 0.3) is 0 Å².